The van der Waals surface area contributed by atoms with Gasteiger partial charge in [0.15, 0.2) is 11.5 Å². The van der Waals surface area contributed by atoms with E-state index in [2.05, 4.69) is 11.8 Å². The third-order valence-electron chi connectivity index (χ3n) is 6.12. The standard InChI is InChI=1S/C24H29ClN2O3/c1-16-9-11-26(12-10-16)13-14-30-22-15-18(7-8-21(22)29-3)27-17(2)19-5-4-6-20(25)23(19)24(27)28/h4-8,15-16,28H,9-14H2,1-3H3. The van der Waals surface area contributed by atoms with Crippen molar-refractivity contribution in [2.75, 3.05) is 33.4 Å². The highest BCUT2D eigenvalue weighted by molar-refractivity contribution is 6.36. The highest BCUT2D eigenvalue weighted by Crippen LogP contribution is 2.40. The molecule has 1 aliphatic rings. The third kappa shape index (κ3) is 3.96. The van der Waals surface area contributed by atoms with E-state index in [4.69, 9.17) is 21.1 Å². The minimum absolute atomic E-state index is 0.131. The summed E-state index contributed by atoms with van der Waals surface area (Å²) in [6.45, 7) is 8.04. The molecule has 2 aromatic carbocycles. The Labute approximate surface area is 182 Å². The number of aryl methyl sites for hydroxylation is 1. The van der Waals surface area contributed by atoms with E-state index in [-0.39, 0.29) is 5.88 Å². The number of piperidine rings is 1. The van der Waals surface area contributed by atoms with Gasteiger partial charge in [-0.15, -0.1) is 0 Å². The maximum atomic E-state index is 10.9. The molecular formula is C24H29ClN2O3. The number of aromatic hydroxyl groups is 1. The van der Waals surface area contributed by atoms with Crippen molar-refractivity contribution in [3.05, 3.63) is 47.1 Å². The molecule has 0 saturated carbocycles. The van der Waals surface area contributed by atoms with Crippen molar-refractivity contribution in [2.24, 2.45) is 5.92 Å². The summed E-state index contributed by atoms with van der Waals surface area (Å²) in [4.78, 5) is 2.45. The minimum atomic E-state index is 0.131. The van der Waals surface area contributed by atoms with Crippen LogP contribution in [0.25, 0.3) is 16.5 Å². The molecule has 0 radical (unpaired) electrons. The number of halogens is 1. The van der Waals surface area contributed by atoms with Crippen LogP contribution in [0.4, 0.5) is 0 Å². The summed E-state index contributed by atoms with van der Waals surface area (Å²) in [5.74, 6) is 2.30. The molecule has 0 atom stereocenters. The van der Waals surface area contributed by atoms with Crippen LogP contribution in [-0.2, 0) is 0 Å². The van der Waals surface area contributed by atoms with Crippen LogP contribution in [0, 0.1) is 12.8 Å². The zero-order valence-electron chi connectivity index (χ0n) is 17.8. The molecule has 5 nitrogen and oxygen atoms in total. The summed E-state index contributed by atoms with van der Waals surface area (Å²) in [5.41, 5.74) is 1.73. The first kappa shape index (κ1) is 20.9. The number of hydrogen-bond donors (Lipinski definition) is 1. The van der Waals surface area contributed by atoms with Gasteiger partial charge in [0.05, 0.1) is 23.2 Å². The van der Waals surface area contributed by atoms with E-state index in [9.17, 15) is 5.11 Å². The Morgan fingerprint density at radius 3 is 2.60 bits per heavy atom. The van der Waals surface area contributed by atoms with Crippen LogP contribution >= 0.6 is 11.6 Å². The molecule has 6 heteroatoms. The lowest BCUT2D eigenvalue weighted by Gasteiger charge is -2.30. The van der Waals surface area contributed by atoms with Gasteiger partial charge in [0, 0.05) is 23.7 Å². The molecule has 0 bridgehead atoms. The molecule has 1 aliphatic heterocycles. The van der Waals surface area contributed by atoms with Gasteiger partial charge in [-0.2, -0.15) is 0 Å². The van der Waals surface area contributed by atoms with Crippen molar-refractivity contribution in [1.29, 1.82) is 0 Å². The predicted octanol–water partition coefficient (Wildman–Crippen LogP) is 5.42. The van der Waals surface area contributed by atoms with Gasteiger partial charge in [0.25, 0.3) is 0 Å². The molecule has 1 fully saturated rings. The SMILES string of the molecule is COc1ccc(-n2c(C)c3cccc(Cl)c3c2O)cc1OCCN1CCC(C)CC1. The van der Waals surface area contributed by atoms with Gasteiger partial charge in [-0.1, -0.05) is 30.7 Å². The Bertz CT molecular complexity index is 1040. The molecule has 0 amide bonds. The van der Waals surface area contributed by atoms with E-state index in [0.29, 0.717) is 28.5 Å². The molecule has 0 spiro atoms. The second-order valence-electron chi connectivity index (χ2n) is 8.11. The normalized spacial score (nSPS) is 15.6. The summed E-state index contributed by atoms with van der Waals surface area (Å²) in [5, 5.41) is 13.0. The highest BCUT2D eigenvalue weighted by atomic mass is 35.5. The Morgan fingerprint density at radius 1 is 1.13 bits per heavy atom. The molecule has 1 aromatic heterocycles. The molecule has 2 heterocycles. The van der Waals surface area contributed by atoms with E-state index in [1.54, 1.807) is 17.7 Å². The van der Waals surface area contributed by atoms with Crippen molar-refractivity contribution in [3.8, 4) is 23.1 Å². The van der Waals surface area contributed by atoms with Gasteiger partial charge in [-0.3, -0.25) is 9.47 Å². The highest BCUT2D eigenvalue weighted by Gasteiger charge is 2.19. The van der Waals surface area contributed by atoms with E-state index >= 15 is 0 Å². The molecule has 0 unspecified atom stereocenters. The smallest absolute Gasteiger partial charge is 0.205 e. The zero-order chi connectivity index (χ0) is 21.3. The first-order valence-electron chi connectivity index (χ1n) is 10.5. The van der Waals surface area contributed by atoms with Gasteiger partial charge in [0.1, 0.15) is 6.61 Å². The minimum Gasteiger partial charge on any atom is -0.494 e. The fourth-order valence-electron chi connectivity index (χ4n) is 4.25. The maximum absolute atomic E-state index is 10.9. The first-order valence-corrected chi connectivity index (χ1v) is 10.9. The van der Waals surface area contributed by atoms with Crippen molar-refractivity contribution >= 4 is 22.4 Å². The topological polar surface area (TPSA) is 46.9 Å². The number of fused-ring (bicyclic) bond motifs is 1. The molecule has 0 aliphatic carbocycles. The zero-order valence-corrected chi connectivity index (χ0v) is 18.6. The number of nitrogens with zero attached hydrogens (tertiary/aromatic N) is 2. The molecule has 4 rings (SSSR count). The average Bonchev–Trinajstić information content (AvgIpc) is 3.00. The van der Waals surface area contributed by atoms with Gasteiger partial charge in [-0.25, -0.2) is 0 Å². The fourth-order valence-corrected chi connectivity index (χ4v) is 4.51. The van der Waals surface area contributed by atoms with Crippen molar-refractivity contribution in [1.82, 2.24) is 9.47 Å². The lowest BCUT2D eigenvalue weighted by Crippen LogP contribution is -2.35. The predicted molar refractivity (Wildman–Crippen MR) is 122 cm³/mol. The number of methoxy groups -OCH3 is 1. The van der Waals surface area contributed by atoms with E-state index in [0.717, 1.165) is 42.3 Å². The lowest BCUT2D eigenvalue weighted by molar-refractivity contribution is 0.158. The van der Waals surface area contributed by atoms with E-state index in [1.165, 1.54) is 12.8 Å². The fraction of sp³-hybridized carbons (Fsp3) is 0.417. The third-order valence-corrected chi connectivity index (χ3v) is 6.44. The summed E-state index contributed by atoms with van der Waals surface area (Å²) in [6, 6.07) is 11.3. The maximum Gasteiger partial charge on any atom is 0.205 e. The second-order valence-corrected chi connectivity index (χ2v) is 8.52. The van der Waals surface area contributed by atoms with Gasteiger partial charge in [0.2, 0.25) is 5.88 Å². The van der Waals surface area contributed by atoms with Gasteiger partial charge < -0.3 is 14.6 Å². The van der Waals surface area contributed by atoms with Crippen LogP contribution in [0.2, 0.25) is 5.02 Å². The summed E-state index contributed by atoms with van der Waals surface area (Å²) < 4.78 is 13.4. The Morgan fingerprint density at radius 2 is 1.90 bits per heavy atom. The monoisotopic (exact) mass is 428 g/mol. The second kappa shape index (κ2) is 8.78. The van der Waals surface area contributed by atoms with Crippen LogP contribution in [0.1, 0.15) is 25.5 Å². The van der Waals surface area contributed by atoms with Crippen LogP contribution in [0.3, 0.4) is 0 Å². The molecule has 1 saturated heterocycles. The molecule has 160 valence electrons. The quantitative estimate of drug-likeness (QED) is 0.569. The van der Waals surface area contributed by atoms with Crippen LogP contribution in [0.5, 0.6) is 17.4 Å². The number of rotatable bonds is 6. The van der Waals surface area contributed by atoms with Crippen LogP contribution in [0.15, 0.2) is 36.4 Å². The summed E-state index contributed by atoms with van der Waals surface area (Å²) in [6.07, 6.45) is 2.50. The van der Waals surface area contributed by atoms with Crippen molar-refractivity contribution < 1.29 is 14.6 Å². The van der Waals surface area contributed by atoms with Crippen LogP contribution in [-0.4, -0.2) is 47.9 Å². The number of likely N-dealkylation sites (tertiary alicyclic amines) is 1. The number of hydrogen-bond acceptors (Lipinski definition) is 4. The van der Waals surface area contributed by atoms with Gasteiger partial charge in [-0.05, 0) is 57.0 Å². The van der Waals surface area contributed by atoms with Gasteiger partial charge >= 0.3 is 0 Å². The molecular weight excluding hydrogens is 400 g/mol. The van der Waals surface area contributed by atoms with E-state index < -0.39 is 0 Å². The van der Waals surface area contributed by atoms with E-state index in [1.807, 2.05) is 37.3 Å². The number of ether oxygens (including phenoxy) is 2. The van der Waals surface area contributed by atoms with Crippen molar-refractivity contribution in [2.45, 2.75) is 26.7 Å². The Hall–Kier alpha value is -2.37. The average molecular weight is 429 g/mol. The summed E-state index contributed by atoms with van der Waals surface area (Å²) >= 11 is 6.34. The van der Waals surface area contributed by atoms with Crippen molar-refractivity contribution in [3.63, 3.8) is 0 Å². The Balaban J connectivity index is 1.59. The lowest BCUT2D eigenvalue weighted by atomic mass is 9.99. The molecule has 1 N–H and O–H groups in total. The number of benzene rings is 2. The van der Waals surface area contributed by atoms with Crippen LogP contribution < -0.4 is 9.47 Å². The first-order chi connectivity index (χ1) is 14.5. The molecule has 3 aromatic rings. The summed E-state index contributed by atoms with van der Waals surface area (Å²) in [7, 11) is 1.64. The number of aromatic nitrogens is 1. The molecule has 30 heavy (non-hydrogen) atoms. The largest absolute Gasteiger partial charge is 0.494 e. The Kier molecular flexibility index (Phi) is 6.11.